The fraction of sp³-hybridized carbons (Fsp3) is 0.130. The van der Waals surface area contributed by atoms with Crippen molar-refractivity contribution in [1.29, 1.82) is 0 Å². The summed E-state index contributed by atoms with van der Waals surface area (Å²) in [7, 11) is 0. The number of amides is 1. The van der Waals surface area contributed by atoms with Crippen molar-refractivity contribution < 1.29 is 9.21 Å². The third-order valence-electron chi connectivity index (χ3n) is 4.98. The van der Waals surface area contributed by atoms with Crippen molar-refractivity contribution in [1.82, 2.24) is 9.55 Å². The van der Waals surface area contributed by atoms with Crippen LogP contribution < -0.4 is 5.32 Å². The van der Waals surface area contributed by atoms with Crippen molar-refractivity contribution in [3.05, 3.63) is 83.2 Å². The minimum atomic E-state index is -0.195. The van der Waals surface area contributed by atoms with Gasteiger partial charge in [-0.1, -0.05) is 47.2 Å². The molecule has 29 heavy (non-hydrogen) atoms. The predicted octanol–water partition coefficient (Wildman–Crippen LogP) is 5.76. The molecule has 144 valence electrons. The molecule has 3 heterocycles. The molecule has 5 nitrogen and oxygen atoms in total. The third-order valence-corrected chi connectivity index (χ3v) is 5.91. The highest BCUT2D eigenvalue weighted by Gasteiger charge is 2.19. The molecular formula is C23H19N3O2S. The predicted molar refractivity (Wildman–Crippen MR) is 117 cm³/mol. The number of furan rings is 1. The number of carbonyl (C=O) groups excluding carboxylic acids is 1. The van der Waals surface area contributed by atoms with Crippen LogP contribution >= 0.6 is 11.3 Å². The molecule has 5 aromatic rings. The van der Waals surface area contributed by atoms with Crippen molar-refractivity contribution in [3.63, 3.8) is 0 Å². The van der Waals surface area contributed by atoms with Gasteiger partial charge in [0, 0.05) is 18.7 Å². The van der Waals surface area contributed by atoms with E-state index in [1.54, 1.807) is 12.3 Å². The Kier molecular flexibility index (Phi) is 4.21. The van der Waals surface area contributed by atoms with Gasteiger partial charge in [-0.2, -0.15) is 0 Å². The van der Waals surface area contributed by atoms with Gasteiger partial charge in [0.2, 0.25) is 0 Å². The SMILES string of the molecule is Cc1ccc(Cn2c(C(=O)Nc3nc4ccc(C)cc4s3)cc3occc32)cc1. The standard InChI is InChI=1S/C23H19N3O2S/c1-14-3-6-16(7-4-14)13-26-18-9-10-28-20(18)12-19(26)22(27)25-23-24-17-8-5-15(2)11-21(17)29-23/h3-12H,13H2,1-2H3,(H,24,25,27). The highest BCUT2D eigenvalue weighted by molar-refractivity contribution is 7.22. The Morgan fingerprint density at radius 2 is 1.86 bits per heavy atom. The molecule has 0 saturated heterocycles. The minimum absolute atomic E-state index is 0.195. The summed E-state index contributed by atoms with van der Waals surface area (Å²) in [5.74, 6) is -0.195. The number of carbonyl (C=O) groups is 1. The van der Waals surface area contributed by atoms with Crippen LogP contribution in [-0.4, -0.2) is 15.5 Å². The van der Waals surface area contributed by atoms with Gasteiger partial charge in [-0.3, -0.25) is 10.1 Å². The van der Waals surface area contributed by atoms with Crippen LogP contribution in [0.4, 0.5) is 5.13 Å². The molecule has 0 atom stereocenters. The maximum Gasteiger partial charge on any atom is 0.274 e. The number of rotatable bonds is 4. The fourth-order valence-corrected chi connectivity index (χ4v) is 4.42. The Hall–Kier alpha value is -3.38. The van der Waals surface area contributed by atoms with E-state index in [4.69, 9.17) is 4.42 Å². The second-order valence-electron chi connectivity index (χ2n) is 7.22. The molecule has 0 bridgehead atoms. The number of fused-ring (bicyclic) bond motifs is 2. The van der Waals surface area contributed by atoms with Gasteiger partial charge >= 0.3 is 0 Å². The number of anilines is 1. The lowest BCUT2D eigenvalue weighted by atomic mass is 10.1. The molecule has 1 amide bonds. The average Bonchev–Trinajstić information content (AvgIpc) is 3.38. The van der Waals surface area contributed by atoms with E-state index < -0.39 is 0 Å². The molecule has 0 spiro atoms. The van der Waals surface area contributed by atoms with Crippen molar-refractivity contribution in [2.24, 2.45) is 0 Å². The zero-order chi connectivity index (χ0) is 20.0. The maximum atomic E-state index is 13.1. The molecular weight excluding hydrogens is 382 g/mol. The molecule has 0 unspecified atom stereocenters. The second kappa shape index (κ2) is 6.90. The first-order valence-corrected chi connectivity index (χ1v) is 10.2. The summed E-state index contributed by atoms with van der Waals surface area (Å²) < 4.78 is 8.59. The van der Waals surface area contributed by atoms with Crippen molar-refractivity contribution in [2.45, 2.75) is 20.4 Å². The topological polar surface area (TPSA) is 60.1 Å². The molecule has 2 aromatic carbocycles. The van der Waals surface area contributed by atoms with Crippen molar-refractivity contribution in [2.75, 3.05) is 5.32 Å². The minimum Gasteiger partial charge on any atom is -0.463 e. The van der Waals surface area contributed by atoms with Crippen LogP contribution in [0.15, 0.2) is 65.3 Å². The zero-order valence-electron chi connectivity index (χ0n) is 16.1. The summed E-state index contributed by atoms with van der Waals surface area (Å²) in [4.78, 5) is 17.6. The average molecular weight is 401 g/mol. The van der Waals surface area contributed by atoms with E-state index in [-0.39, 0.29) is 5.91 Å². The summed E-state index contributed by atoms with van der Waals surface area (Å²) in [6, 6.07) is 18.1. The number of aromatic nitrogens is 2. The molecule has 0 radical (unpaired) electrons. The highest BCUT2D eigenvalue weighted by Crippen LogP contribution is 2.28. The van der Waals surface area contributed by atoms with Crippen LogP contribution in [0.1, 0.15) is 27.2 Å². The zero-order valence-corrected chi connectivity index (χ0v) is 16.9. The number of aryl methyl sites for hydroxylation is 2. The quantitative estimate of drug-likeness (QED) is 0.416. The first-order chi connectivity index (χ1) is 14.1. The molecule has 0 fully saturated rings. The Morgan fingerprint density at radius 1 is 1.07 bits per heavy atom. The van der Waals surface area contributed by atoms with E-state index in [1.165, 1.54) is 22.5 Å². The lowest BCUT2D eigenvalue weighted by Crippen LogP contribution is -2.17. The van der Waals surface area contributed by atoms with E-state index in [9.17, 15) is 4.79 Å². The van der Waals surface area contributed by atoms with Gasteiger partial charge in [0.15, 0.2) is 10.7 Å². The van der Waals surface area contributed by atoms with Gasteiger partial charge in [-0.25, -0.2) is 4.98 Å². The van der Waals surface area contributed by atoms with E-state index in [2.05, 4.69) is 47.6 Å². The van der Waals surface area contributed by atoms with Gasteiger partial charge in [0.05, 0.1) is 22.0 Å². The van der Waals surface area contributed by atoms with Crippen LogP contribution in [0.2, 0.25) is 0 Å². The molecule has 6 heteroatoms. The first kappa shape index (κ1) is 17.7. The number of hydrogen-bond acceptors (Lipinski definition) is 4. The highest BCUT2D eigenvalue weighted by atomic mass is 32.1. The summed E-state index contributed by atoms with van der Waals surface area (Å²) in [6.45, 7) is 4.70. The summed E-state index contributed by atoms with van der Waals surface area (Å²) in [5.41, 5.74) is 6.54. The lowest BCUT2D eigenvalue weighted by Gasteiger charge is -2.10. The van der Waals surface area contributed by atoms with Gasteiger partial charge in [-0.05, 0) is 37.1 Å². The van der Waals surface area contributed by atoms with Gasteiger partial charge in [0.25, 0.3) is 5.91 Å². The number of nitrogens with zero attached hydrogens (tertiary/aromatic N) is 2. The molecule has 0 aliphatic heterocycles. The molecule has 1 N–H and O–H groups in total. The van der Waals surface area contributed by atoms with Gasteiger partial charge in [0.1, 0.15) is 5.69 Å². The maximum absolute atomic E-state index is 13.1. The Bertz CT molecular complexity index is 1340. The number of hydrogen-bond donors (Lipinski definition) is 1. The second-order valence-corrected chi connectivity index (χ2v) is 8.25. The molecule has 0 aliphatic rings. The first-order valence-electron chi connectivity index (χ1n) is 9.38. The fourth-order valence-electron chi connectivity index (χ4n) is 3.46. The Morgan fingerprint density at radius 3 is 2.69 bits per heavy atom. The van der Waals surface area contributed by atoms with Crippen LogP contribution in [-0.2, 0) is 6.54 Å². The van der Waals surface area contributed by atoms with Crippen LogP contribution in [0.25, 0.3) is 21.3 Å². The molecule has 0 saturated carbocycles. The largest absolute Gasteiger partial charge is 0.463 e. The third kappa shape index (κ3) is 3.32. The normalized spacial score (nSPS) is 11.4. The van der Waals surface area contributed by atoms with Crippen LogP contribution in [0.5, 0.6) is 0 Å². The summed E-state index contributed by atoms with van der Waals surface area (Å²) in [5, 5.41) is 3.55. The van der Waals surface area contributed by atoms with Crippen LogP contribution in [0.3, 0.4) is 0 Å². The van der Waals surface area contributed by atoms with E-state index in [1.807, 2.05) is 29.7 Å². The summed E-state index contributed by atoms with van der Waals surface area (Å²) in [6.07, 6.45) is 1.65. The summed E-state index contributed by atoms with van der Waals surface area (Å²) >= 11 is 1.48. The smallest absolute Gasteiger partial charge is 0.274 e. The lowest BCUT2D eigenvalue weighted by molar-refractivity contribution is 0.101. The number of nitrogens with one attached hydrogen (secondary N) is 1. The van der Waals surface area contributed by atoms with Gasteiger partial charge < -0.3 is 8.98 Å². The van der Waals surface area contributed by atoms with Crippen LogP contribution in [0, 0.1) is 13.8 Å². The molecule has 3 aromatic heterocycles. The molecule has 0 aliphatic carbocycles. The number of thiazole rings is 1. The Balaban J connectivity index is 1.49. The van der Waals surface area contributed by atoms with E-state index >= 15 is 0 Å². The monoisotopic (exact) mass is 401 g/mol. The van der Waals surface area contributed by atoms with Gasteiger partial charge in [-0.15, -0.1) is 0 Å². The van der Waals surface area contributed by atoms with E-state index in [0.29, 0.717) is 23.0 Å². The Labute approximate surface area is 171 Å². The molecule has 5 rings (SSSR count). The van der Waals surface area contributed by atoms with Crippen molar-refractivity contribution >= 4 is 43.7 Å². The van der Waals surface area contributed by atoms with E-state index in [0.717, 1.165) is 21.3 Å². The number of benzene rings is 2. The van der Waals surface area contributed by atoms with Crippen molar-refractivity contribution in [3.8, 4) is 0 Å².